The fourth-order valence-electron chi connectivity index (χ4n) is 5.69. The number of carbonyl (C=O) groups excluding carboxylic acids is 2. The van der Waals surface area contributed by atoms with Crippen LogP contribution in [-0.2, 0) is 16.8 Å². The molecule has 1 saturated carbocycles. The molecule has 5 rings (SSSR count). The number of hydrogen-bond acceptors (Lipinski definition) is 3. The van der Waals surface area contributed by atoms with Gasteiger partial charge in [0.2, 0.25) is 5.91 Å². The zero-order chi connectivity index (χ0) is 31.8. The van der Waals surface area contributed by atoms with E-state index in [4.69, 9.17) is 11.6 Å². The van der Waals surface area contributed by atoms with Gasteiger partial charge in [0.1, 0.15) is 6.04 Å². The van der Waals surface area contributed by atoms with E-state index in [1.807, 2.05) is 72.8 Å². The molecule has 0 heterocycles. The van der Waals surface area contributed by atoms with Crippen LogP contribution in [0.25, 0.3) is 11.1 Å². The van der Waals surface area contributed by atoms with Crippen molar-refractivity contribution in [2.45, 2.75) is 76.4 Å². The molecule has 1 aliphatic carbocycles. The summed E-state index contributed by atoms with van der Waals surface area (Å²) in [6.45, 7) is 7.95. The second kappa shape index (κ2) is 14.9. The fraction of sp³-hybridized carbons (Fsp3) is 0.333. The summed E-state index contributed by atoms with van der Waals surface area (Å²) in [7, 11) is 0. The molecule has 0 aromatic heterocycles. The average molecular weight is 622 g/mol. The minimum Gasteiger partial charge on any atom is -0.350 e. The predicted octanol–water partition coefficient (Wildman–Crippen LogP) is 8.04. The lowest BCUT2D eigenvalue weighted by atomic mass is 9.86. The van der Waals surface area contributed by atoms with E-state index in [0.717, 1.165) is 42.5 Å². The third-order valence-corrected chi connectivity index (χ3v) is 8.79. The first-order chi connectivity index (χ1) is 21.7. The van der Waals surface area contributed by atoms with Crippen LogP contribution >= 0.6 is 11.6 Å². The Hall–Kier alpha value is -3.93. The minimum atomic E-state index is -0.638. The van der Waals surface area contributed by atoms with Crippen molar-refractivity contribution in [2.24, 2.45) is 0 Å². The third kappa shape index (κ3) is 9.29. The zero-order valence-electron chi connectivity index (χ0n) is 26.5. The van der Waals surface area contributed by atoms with Gasteiger partial charge in [-0.05, 0) is 89.7 Å². The Morgan fingerprint density at radius 2 is 1.56 bits per heavy atom. The number of nitrogens with one attached hydrogen (secondary N) is 3. The number of benzene rings is 4. The molecule has 0 aliphatic heterocycles. The van der Waals surface area contributed by atoms with Crippen LogP contribution in [-0.4, -0.2) is 30.4 Å². The first-order valence-corrected chi connectivity index (χ1v) is 16.4. The Balaban J connectivity index is 1.13. The second-order valence-electron chi connectivity index (χ2n) is 13.1. The molecule has 4 aromatic carbocycles. The van der Waals surface area contributed by atoms with Gasteiger partial charge >= 0.3 is 0 Å². The molecule has 1 fully saturated rings. The highest BCUT2D eigenvalue weighted by molar-refractivity contribution is 6.30. The van der Waals surface area contributed by atoms with E-state index in [0.29, 0.717) is 35.5 Å². The number of amides is 2. The van der Waals surface area contributed by atoms with E-state index >= 15 is 0 Å². The van der Waals surface area contributed by atoms with Gasteiger partial charge in [0, 0.05) is 29.1 Å². The van der Waals surface area contributed by atoms with Gasteiger partial charge in [-0.25, -0.2) is 0 Å². The van der Waals surface area contributed by atoms with Gasteiger partial charge in [-0.1, -0.05) is 111 Å². The molecular formula is C39H44ClN3O2. The first-order valence-electron chi connectivity index (χ1n) is 16.0. The lowest BCUT2D eigenvalue weighted by Crippen LogP contribution is -2.46. The Bertz CT molecular complexity index is 1560. The number of halogens is 1. The predicted molar refractivity (Wildman–Crippen MR) is 185 cm³/mol. The number of hydrogen-bond donors (Lipinski definition) is 3. The lowest BCUT2D eigenvalue weighted by Gasteiger charge is -2.19. The highest BCUT2D eigenvalue weighted by Gasteiger charge is 2.37. The molecule has 0 radical (unpaired) electrons. The molecule has 45 heavy (non-hydrogen) atoms. The number of unbranched alkanes of at least 4 members (excludes halogenated alkanes) is 1. The van der Waals surface area contributed by atoms with Crippen LogP contribution in [0.15, 0.2) is 103 Å². The van der Waals surface area contributed by atoms with Gasteiger partial charge < -0.3 is 16.0 Å². The maximum Gasteiger partial charge on any atom is 0.251 e. The molecule has 2 amide bonds. The van der Waals surface area contributed by atoms with Crippen LogP contribution in [0.3, 0.4) is 0 Å². The Kier molecular flexibility index (Phi) is 10.7. The van der Waals surface area contributed by atoms with Crippen LogP contribution < -0.4 is 16.0 Å². The van der Waals surface area contributed by atoms with Crippen molar-refractivity contribution < 1.29 is 9.59 Å². The van der Waals surface area contributed by atoms with Gasteiger partial charge in [-0.2, -0.15) is 0 Å². The van der Waals surface area contributed by atoms with Crippen LogP contribution in [0, 0.1) is 0 Å². The normalized spacial score (nSPS) is 16.5. The summed E-state index contributed by atoms with van der Waals surface area (Å²) >= 11 is 6.12. The molecule has 6 heteroatoms. The molecule has 3 atom stereocenters. The van der Waals surface area contributed by atoms with Crippen LogP contribution in [0.5, 0.6) is 0 Å². The average Bonchev–Trinajstić information content (AvgIpc) is 3.82. The van der Waals surface area contributed by atoms with Crippen molar-refractivity contribution in [3.8, 4) is 11.1 Å². The highest BCUT2D eigenvalue weighted by Crippen LogP contribution is 2.41. The molecule has 1 aliphatic rings. The van der Waals surface area contributed by atoms with Crippen LogP contribution in [0.2, 0.25) is 5.02 Å². The van der Waals surface area contributed by atoms with Crippen molar-refractivity contribution in [3.63, 3.8) is 0 Å². The van der Waals surface area contributed by atoms with E-state index in [9.17, 15) is 9.59 Å². The summed E-state index contributed by atoms with van der Waals surface area (Å²) < 4.78 is 0. The topological polar surface area (TPSA) is 70.2 Å². The quantitative estimate of drug-likeness (QED) is 0.132. The molecular weight excluding hydrogens is 578 g/mol. The van der Waals surface area contributed by atoms with E-state index in [1.54, 1.807) is 6.07 Å². The summed E-state index contributed by atoms with van der Waals surface area (Å²) in [5.74, 6) is 0.115. The van der Waals surface area contributed by atoms with Gasteiger partial charge in [0.25, 0.3) is 5.91 Å². The van der Waals surface area contributed by atoms with Crippen LogP contribution in [0.1, 0.15) is 79.4 Å². The van der Waals surface area contributed by atoms with Gasteiger partial charge in [-0.3, -0.25) is 9.59 Å². The molecule has 1 unspecified atom stereocenters. The smallest absolute Gasteiger partial charge is 0.251 e. The van der Waals surface area contributed by atoms with Crippen molar-refractivity contribution in [1.82, 2.24) is 16.0 Å². The van der Waals surface area contributed by atoms with Gasteiger partial charge in [0.05, 0.1) is 0 Å². The van der Waals surface area contributed by atoms with Gasteiger partial charge in [-0.15, -0.1) is 0 Å². The molecule has 0 saturated heterocycles. The van der Waals surface area contributed by atoms with Gasteiger partial charge in [0.15, 0.2) is 0 Å². The Labute approximate surface area is 272 Å². The Morgan fingerprint density at radius 1 is 0.844 bits per heavy atom. The van der Waals surface area contributed by atoms with E-state index in [2.05, 4.69) is 61.0 Å². The van der Waals surface area contributed by atoms with E-state index < -0.39 is 6.04 Å². The Morgan fingerprint density at radius 3 is 2.24 bits per heavy atom. The summed E-state index contributed by atoms with van der Waals surface area (Å²) in [4.78, 5) is 26.5. The van der Waals surface area contributed by atoms with Crippen LogP contribution in [0.4, 0.5) is 0 Å². The first kappa shape index (κ1) is 32.5. The van der Waals surface area contributed by atoms with Crippen molar-refractivity contribution in [2.75, 3.05) is 6.54 Å². The van der Waals surface area contributed by atoms with Crippen molar-refractivity contribution >= 4 is 23.4 Å². The standard InChI is InChI=1S/C39H44ClN3O2/c1-39(2,3)32-21-19-30(20-22-32)34-25-36(34)41-23-8-7-14-35(38(45)42-26-27-10-9-13-33(40)24-27)43-37(44)31-17-15-29(16-18-31)28-11-5-4-6-12-28/h4-6,9-13,15-22,24,34-36,41H,7-8,14,23,25-26H2,1-3H3,(H,42,45)(H,43,44)/t34-,35?,36+/m0/s1. The number of rotatable bonds is 13. The monoisotopic (exact) mass is 621 g/mol. The fourth-order valence-corrected chi connectivity index (χ4v) is 5.91. The van der Waals surface area contributed by atoms with E-state index in [-0.39, 0.29) is 17.2 Å². The summed E-state index contributed by atoms with van der Waals surface area (Å²) in [5, 5.41) is 10.3. The second-order valence-corrected chi connectivity index (χ2v) is 13.5. The van der Waals surface area contributed by atoms with Crippen molar-refractivity contribution in [1.29, 1.82) is 0 Å². The molecule has 234 valence electrons. The summed E-state index contributed by atoms with van der Waals surface area (Å²) in [6.07, 6.45) is 3.45. The minimum absolute atomic E-state index is 0.163. The van der Waals surface area contributed by atoms with E-state index in [1.165, 1.54) is 11.1 Å². The third-order valence-electron chi connectivity index (χ3n) is 8.55. The molecule has 0 bridgehead atoms. The zero-order valence-corrected chi connectivity index (χ0v) is 27.2. The molecule has 5 nitrogen and oxygen atoms in total. The molecule has 0 spiro atoms. The highest BCUT2D eigenvalue weighted by atomic mass is 35.5. The lowest BCUT2D eigenvalue weighted by molar-refractivity contribution is -0.123. The SMILES string of the molecule is CC(C)(C)c1ccc([C@@H]2C[C@H]2NCCCCC(NC(=O)c2ccc(-c3ccccc3)cc2)C(=O)NCc2cccc(Cl)c2)cc1. The largest absolute Gasteiger partial charge is 0.350 e. The maximum absolute atomic E-state index is 13.3. The maximum atomic E-state index is 13.3. The summed E-state index contributed by atoms with van der Waals surface area (Å²) in [5.41, 5.74) is 6.49. The molecule has 3 N–H and O–H groups in total. The molecule has 4 aromatic rings. The van der Waals surface area contributed by atoms with Crippen molar-refractivity contribution in [3.05, 3.63) is 130 Å². The summed E-state index contributed by atoms with van der Waals surface area (Å²) in [6, 6.07) is 33.9. The number of carbonyl (C=O) groups is 2.